The number of nitrogens with one attached hydrogen (secondary N) is 3. The van der Waals surface area contributed by atoms with Crippen LogP contribution in [0.5, 0.6) is 0 Å². The van der Waals surface area contributed by atoms with Crippen LogP contribution < -0.4 is 16.0 Å². The largest absolute Gasteiger partial charge is 0.370 e. The second-order valence-electron chi connectivity index (χ2n) is 5.95. The van der Waals surface area contributed by atoms with Crippen LogP contribution in [-0.2, 0) is 12.8 Å². The van der Waals surface area contributed by atoms with Crippen LogP contribution >= 0.6 is 35.4 Å². The van der Waals surface area contributed by atoms with Gasteiger partial charge in [0, 0.05) is 24.5 Å². The average Bonchev–Trinajstić information content (AvgIpc) is 2.62. The summed E-state index contributed by atoms with van der Waals surface area (Å²) in [5.74, 6) is 1.05. The van der Waals surface area contributed by atoms with E-state index in [1.807, 2.05) is 6.07 Å². The zero-order valence-corrected chi connectivity index (χ0v) is 16.1. The summed E-state index contributed by atoms with van der Waals surface area (Å²) in [5.41, 5.74) is 3.24. The van der Waals surface area contributed by atoms with Gasteiger partial charge in [0.2, 0.25) is 0 Å². The standard InChI is InChI=1S/C18H20Cl2N4S/c19-15-8-7-14(11-16(15)20)24-18(25)22-10-2-4-13-6-5-12-3-1-9-21-17(12)23-13/h5-8,11H,1-4,9-10H2,(H,21,23)(H2,22,24,25). The molecule has 7 heteroatoms. The lowest BCUT2D eigenvalue weighted by Crippen LogP contribution is -2.29. The zero-order valence-electron chi connectivity index (χ0n) is 13.7. The normalized spacial score (nSPS) is 12.9. The lowest BCUT2D eigenvalue weighted by Gasteiger charge is -2.17. The van der Waals surface area contributed by atoms with Crippen LogP contribution in [0.4, 0.5) is 11.5 Å². The highest BCUT2D eigenvalue weighted by molar-refractivity contribution is 7.80. The van der Waals surface area contributed by atoms with Gasteiger partial charge in [-0.2, -0.15) is 0 Å². The van der Waals surface area contributed by atoms with E-state index in [0.717, 1.165) is 49.6 Å². The van der Waals surface area contributed by atoms with Crippen molar-refractivity contribution in [2.75, 3.05) is 23.7 Å². The number of rotatable bonds is 5. The van der Waals surface area contributed by atoms with Crippen molar-refractivity contribution in [1.29, 1.82) is 0 Å². The van der Waals surface area contributed by atoms with Crippen LogP contribution in [0.15, 0.2) is 30.3 Å². The highest BCUT2D eigenvalue weighted by atomic mass is 35.5. The molecule has 0 fully saturated rings. The summed E-state index contributed by atoms with van der Waals surface area (Å²) < 4.78 is 0. The topological polar surface area (TPSA) is 49.0 Å². The Balaban J connectivity index is 1.42. The first-order chi connectivity index (χ1) is 12.1. The first kappa shape index (κ1) is 18.2. The average molecular weight is 395 g/mol. The summed E-state index contributed by atoms with van der Waals surface area (Å²) in [5, 5.41) is 11.3. The molecule has 0 saturated carbocycles. The molecule has 0 radical (unpaired) electrons. The molecule has 132 valence electrons. The number of halogens is 2. The number of hydrogen-bond acceptors (Lipinski definition) is 3. The minimum Gasteiger partial charge on any atom is -0.370 e. The van der Waals surface area contributed by atoms with Gasteiger partial charge in [-0.3, -0.25) is 0 Å². The minimum absolute atomic E-state index is 0.501. The van der Waals surface area contributed by atoms with E-state index in [1.165, 1.54) is 12.0 Å². The van der Waals surface area contributed by atoms with Crippen molar-refractivity contribution in [2.24, 2.45) is 0 Å². The van der Waals surface area contributed by atoms with Crippen LogP contribution in [0.3, 0.4) is 0 Å². The summed E-state index contributed by atoms with van der Waals surface area (Å²) in [4.78, 5) is 4.70. The van der Waals surface area contributed by atoms with Gasteiger partial charge < -0.3 is 16.0 Å². The molecule has 1 aliphatic rings. The predicted molar refractivity (Wildman–Crippen MR) is 110 cm³/mol. The fourth-order valence-corrected chi connectivity index (χ4v) is 3.25. The first-order valence-corrected chi connectivity index (χ1v) is 9.51. The van der Waals surface area contributed by atoms with Gasteiger partial charge in [-0.25, -0.2) is 4.98 Å². The first-order valence-electron chi connectivity index (χ1n) is 8.34. The summed E-state index contributed by atoms with van der Waals surface area (Å²) in [7, 11) is 0. The molecule has 2 heterocycles. The highest BCUT2D eigenvalue weighted by Gasteiger charge is 2.10. The van der Waals surface area contributed by atoms with E-state index in [-0.39, 0.29) is 0 Å². The summed E-state index contributed by atoms with van der Waals surface area (Å²) in [6.45, 7) is 1.79. The third-order valence-corrected chi connectivity index (χ3v) is 5.01. The van der Waals surface area contributed by atoms with Crippen molar-refractivity contribution in [3.05, 3.63) is 51.6 Å². The molecule has 0 bridgehead atoms. The van der Waals surface area contributed by atoms with Crippen molar-refractivity contribution in [3.8, 4) is 0 Å². The number of fused-ring (bicyclic) bond motifs is 1. The summed E-state index contributed by atoms with van der Waals surface area (Å²) in [6.07, 6.45) is 4.17. The molecule has 2 aromatic rings. The van der Waals surface area contributed by atoms with Gasteiger partial charge in [-0.05, 0) is 67.7 Å². The van der Waals surface area contributed by atoms with Crippen LogP contribution in [0.2, 0.25) is 10.0 Å². The lowest BCUT2D eigenvalue weighted by molar-refractivity contribution is 0.755. The van der Waals surface area contributed by atoms with Gasteiger partial charge in [0.25, 0.3) is 0 Å². The van der Waals surface area contributed by atoms with Gasteiger partial charge in [0.1, 0.15) is 5.82 Å². The van der Waals surface area contributed by atoms with Crippen molar-refractivity contribution in [3.63, 3.8) is 0 Å². The lowest BCUT2D eigenvalue weighted by atomic mass is 10.1. The van der Waals surface area contributed by atoms with Crippen LogP contribution in [-0.4, -0.2) is 23.2 Å². The summed E-state index contributed by atoms with van der Waals surface area (Å²) in [6, 6.07) is 9.64. The molecule has 0 saturated heterocycles. The Hall–Kier alpha value is -1.56. The number of aromatic nitrogens is 1. The molecule has 3 N–H and O–H groups in total. The van der Waals surface area contributed by atoms with E-state index >= 15 is 0 Å². The fraction of sp³-hybridized carbons (Fsp3) is 0.333. The van der Waals surface area contributed by atoms with Gasteiger partial charge in [0.05, 0.1) is 10.0 Å². The maximum absolute atomic E-state index is 5.99. The van der Waals surface area contributed by atoms with Gasteiger partial charge in [-0.15, -0.1) is 0 Å². The number of pyridine rings is 1. The monoisotopic (exact) mass is 394 g/mol. The molecule has 25 heavy (non-hydrogen) atoms. The Morgan fingerprint density at radius 3 is 2.92 bits per heavy atom. The van der Waals surface area contributed by atoms with Crippen molar-refractivity contribution >= 4 is 52.0 Å². The molecule has 0 aliphatic carbocycles. The Bertz CT molecular complexity index is 767. The molecule has 1 aromatic heterocycles. The second kappa shape index (κ2) is 8.70. The van der Waals surface area contributed by atoms with Gasteiger partial charge in [-0.1, -0.05) is 29.3 Å². The van der Waals surface area contributed by atoms with Gasteiger partial charge in [0.15, 0.2) is 5.11 Å². The molecule has 0 amide bonds. The number of thiocarbonyl (C=S) groups is 1. The Morgan fingerprint density at radius 2 is 2.08 bits per heavy atom. The Labute approximate surface area is 163 Å². The molecule has 0 spiro atoms. The molecule has 3 rings (SSSR count). The number of benzene rings is 1. The van der Waals surface area contributed by atoms with Crippen molar-refractivity contribution < 1.29 is 0 Å². The predicted octanol–water partition coefficient (Wildman–Crippen LogP) is 4.67. The van der Waals surface area contributed by atoms with Crippen molar-refractivity contribution in [1.82, 2.24) is 10.3 Å². The quantitative estimate of drug-likeness (QED) is 0.508. The smallest absolute Gasteiger partial charge is 0.170 e. The van der Waals surface area contributed by atoms with E-state index in [2.05, 4.69) is 28.1 Å². The van der Waals surface area contributed by atoms with Gasteiger partial charge >= 0.3 is 0 Å². The highest BCUT2D eigenvalue weighted by Crippen LogP contribution is 2.25. The van der Waals surface area contributed by atoms with E-state index < -0.39 is 0 Å². The fourth-order valence-electron chi connectivity index (χ4n) is 2.73. The molecule has 1 aromatic carbocycles. The molecular weight excluding hydrogens is 375 g/mol. The van der Waals surface area contributed by atoms with E-state index in [1.54, 1.807) is 12.1 Å². The Morgan fingerprint density at radius 1 is 1.20 bits per heavy atom. The SMILES string of the molecule is S=C(NCCCc1ccc2c(n1)NCCC2)Nc1ccc(Cl)c(Cl)c1. The molecule has 4 nitrogen and oxygen atoms in total. The van der Waals surface area contributed by atoms with Crippen LogP contribution in [0.25, 0.3) is 0 Å². The maximum Gasteiger partial charge on any atom is 0.170 e. The minimum atomic E-state index is 0.501. The third kappa shape index (κ3) is 5.21. The maximum atomic E-state index is 5.99. The molecule has 1 aliphatic heterocycles. The number of hydrogen-bond donors (Lipinski definition) is 3. The number of nitrogens with zero attached hydrogens (tertiary/aromatic N) is 1. The third-order valence-electron chi connectivity index (χ3n) is 4.02. The number of anilines is 2. The molecular formula is C18H20Cl2N4S. The van der Waals surface area contributed by atoms with E-state index in [9.17, 15) is 0 Å². The zero-order chi connectivity index (χ0) is 17.6. The second-order valence-corrected chi connectivity index (χ2v) is 7.18. The van der Waals surface area contributed by atoms with Crippen LogP contribution in [0, 0.1) is 0 Å². The number of aryl methyl sites for hydroxylation is 2. The molecule has 0 atom stereocenters. The summed E-state index contributed by atoms with van der Waals surface area (Å²) >= 11 is 17.2. The Kier molecular flexibility index (Phi) is 6.34. The molecule has 0 unspecified atom stereocenters. The van der Waals surface area contributed by atoms with E-state index in [4.69, 9.17) is 40.4 Å². The van der Waals surface area contributed by atoms with E-state index in [0.29, 0.717) is 15.2 Å². The van der Waals surface area contributed by atoms with Crippen LogP contribution in [0.1, 0.15) is 24.1 Å². The van der Waals surface area contributed by atoms with Crippen molar-refractivity contribution in [2.45, 2.75) is 25.7 Å².